The molecule has 1 unspecified atom stereocenters. The maximum Gasteiger partial charge on any atom is 0.243 e. The number of amides is 2. The Hall–Kier alpha value is -4.05. The number of carbonyl (C=O) groups is 2. The van der Waals surface area contributed by atoms with E-state index in [0.717, 1.165) is 22.9 Å². The van der Waals surface area contributed by atoms with Crippen LogP contribution >= 0.6 is 0 Å². The summed E-state index contributed by atoms with van der Waals surface area (Å²) < 4.78 is 38.1. The molecule has 0 bridgehead atoms. The number of rotatable bonds is 12. The Morgan fingerprint density at radius 1 is 0.909 bits per heavy atom. The molecule has 9 nitrogen and oxygen atoms in total. The van der Waals surface area contributed by atoms with Crippen LogP contribution in [-0.4, -0.2) is 62.7 Å². The van der Waals surface area contributed by atoms with E-state index in [1.54, 1.807) is 23.1 Å². The van der Waals surface area contributed by atoms with Crippen LogP contribution in [0.2, 0.25) is 0 Å². The number of carbonyl (C=O) groups excluding carboxylic acids is 2. The topological polar surface area (TPSA) is 105 Å². The van der Waals surface area contributed by atoms with E-state index in [1.807, 2.05) is 82.3 Å². The second-order valence-corrected chi connectivity index (χ2v) is 14.1. The highest BCUT2D eigenvalue weighted by molar-refractivity contribution is 7.92. The van der Waals surface area contributed by atoms with Crippen LogP contribution in [-0.2, 0) is 32.6 Å². The Bertz CT molecular complexity index is 1540. The summed E-state index contributed by atoms with van der Waals surface area (Å²) in [5, 5.41) is 3.07. The number of fused-ring (bicyclic) bond motifs is 1. The van der Waals surface area contributed by atoms with Gasteiger partial charge in [-0.25, -0.2) is 8.42 Å². The Labute approximate surface area is 261 Å². The first-order valence-electron chi connectivity index (χ1n) is 14.9. The van der Waals surface area contributed by atoms with E-state index in [1.165, 1.54) is 4.31 Å². The summed E-state index contributed by atoms with van der Waals surface area (Å²) in [5.41, 5.74) is 2.87. The molecule has 2 amide bonds. The summed E-state index contributed by atoms with van der Waals surface area (Å²) in [6.07, 6.45) is 1.79. The van der Waals surface area contributed by atoms with E-state index in [0.29, 0.717) is 36.8 Å². The zero-order chi connectivity index (χ0) is 31.9. The lowest BCUT2D eigenvalue weighted by Crippen LogP contribution is -2.54. The molecule has 0 aliphatic carbocycles. The van der Waals surface area contributed by atoms with E-state index in [4.69, 9.17) is 9.47 Å². The molecule has 3 aromatic carbocycles. The van der Waals surface area contributed by atoms with Crippen molar-refractivity contribution < 1.29 is 27.5 Å². The molecule has 0 saturated heterocycles. The van der Waals surface area contributed by atoms with Crippen molar-refractivity contribution in [2.24, 2.45) is 0 Å². The van der Waals surface area contributed by atoms with E-state index in [2.05, 4.69) is 5.32 Å². The van der Waals surface area contributed by atoms with Crippen molar-refractivity contribution in [3.05, 3.63) is 89.5 Å². The monoisotopic (exact) mass is 621 g/mol. The molecule has 0 radical (unpaired) electrons. The lowest BCUT2D eigenvalue weighted by molar-refractivity contribution is -0.142. The van der Waals surface area contributed by atoms with Crippen LogP contribution in [0.25, 0.3) is 0 Å². The quantitative estimate of drug-likeness (QED) is 0.310. The number of sulfonamides is 1. The molecule has 10 heteroatoms. The number of hydrogen-bond donors (Lipinski definition) is 1. The smallest absolute Gasteiger partial charge is 0.243 e. The first kappa shape index (κ1) is 32.9. The summed E-state index contributed by atoms with van der Waals surface area (Å²) in [5.74, 6) is 0.576. The third-order valence-corrected chi connectivity index (χ3v) is 8.40. The molecule has 44 heavy (non-hydrogen) atoms. The standard InChI is InChI=1S/C34H43N3O6S/c1-25-13-15-27(16-14-25)24-36(29(33(39)35-34(2,3)4)22-26-10-7-6-8-11-26)32(38)12-9-19-37(44(5,40)41)28-17-18-30-31(23-28)43-21-20-42-30/h6-8,10-11,13-18,23,29H,9,12,19-22,24H2,1-5H3,(H,35,39). The van der Waals surface area contributed by atoms with Gasteiger partial charge < -0.3 is 19.7 Å². The molecule has 1 atom stereocenters. The fourth-order valence-electron chi connectivity index (χ4n) is 5.09. The van der Waals surface area contributed by atoms with E-state index < -0.39 is 21.6 Å². The molecular weight excluding hydrogens is 578 g/mol. The molecule has 1 aliphatic heterocycles. The number of nitrogens with zero attached hydrogens (tertiary/aromatic N) is 2. The van der Waals surface area contributed by atoms with Gasteiger partial charge in [-0.05, 0) is 57.4 Å². The lowest BCUT2D eigenvalue weighted by atomic mass is 10.00. The van der Waals surface area contributed by atoms with Gasteiger partial charge in [-0.3, -0.25) is 13.9 Å². The second kappa shape index (κ2) is 14.2. The Balaban J connectivity index is 1.58. The average molecular weight is 622 g/mol. The van der Waals surface area contributed by atoms with Crippen molar-refractivity contribution >= 4 is 27.5 Å². The maximum absolute atomic E-state index is 14.0. The number of aryl methyl sites for hydroxylation is 1. The molecule has 1 heterocycles. The highest BCUT2D eigenvalue weighted by Gasteiger charge is 2.32. The fraction of sp³-hybridized carbons (Fsp3) is 0.412. The molecule has 1 aliphatic rings. The number of nitrogens with one attached hydrogen (secondary N) is 1. The molecule has 0 spiro atoms. The van der Waals surface area contributed by atoms with Gasteiger partial charge in [-0.15, -0.1) is 0 Å². The predicted octanol–water partition coefficient (Wildman–Crippen LogP) is 4.87. The third kappa shape index (κ3) is 9.22. The summed E-state index contributed by atoms with van der Waals surface area (Å²) in [6.45, 7) is 8.87. The van der Waals surface area contributed by atoms with Crippen LogP contribution in [0.4, 0.5) is 5.69 Å². The summed E-state index contributed by atoms with van der Waals surface area (Å²) >= 11 is 0. The molecule has 236 valence electrons. The van der Waals surface area contributed by atoms with Crippen LogP contribution in [0.3, 0.4) is 0 Å². The maximum atomic E-state index is 14.0. The van der Waals surface area contributed by atoms with Crippen LogP contribution in [0.15, 0.2) is 72.8 Å². The van der Waals surface area contributed by atoms with Gasteiger partial charge >= 0.3 is 0 Å². The van der Waals surface area contributed by atoms with Crippen LogP contribution in [0.1, 0.15) is 50.3 Å². The number of anilines is 1. The van der Waals surface area contributed by atoms with E-state index in [-0.39, 0.29) is 37.7 Å². The van der Waals surface area contributed by atoms with Crippen molar-refractivity contribution in [1.29, 1.82) is 0 Å². The first-order valence-corrected chi connectivity index (χ1v) is 16.7. The van der Waals surface area contributed by atoms with Crippen LogP contribution < -0.4 is 19.1 Å². The van der Waals surface area contributed by atoms with Gasteiger partial charge in [0.2, 0.25) is 21.8 Å². The van der Waals surface area contributed by atoms with Crippen LogP contribution in [0.5, 0.6) is 11.5 Å². The summed E-state index contributed by atoms with van der Waals surface area (Å²) in [4.78, 5) is 29.4. The SMILES string of the molecule is Cc1ccc(CN(C(=O)CCCN(c2ccc3c(c2)OCCO3)S(C)(=O)=O)C(Cc2ccccc2)C(=O)NC(C)(C)C)cc1. The zero-order valence-electron chi connectivity index (χ0n) is 26.2. The summed E-state index contributed by atoms with van der Waals surface area (Å²) in [6, 6.07) is 21.8. The first-order chi connectivity index (χ1) is 20.8. The van der Waals surface area contributed by atoms with Gasteiger partial charge in [0.25, 0.3) is 0 Å². The minimum Gasteiger partial charge on any atom is -0.486 e. The number of hydrogen-bond acceptors (Lipinski definition) is 6. The number of ether oxygens (including phenoxy) is 2. The molecule has 4 rings (SSSR count). The molecule has 1 N–H and O–H groups in total. The van der Waals surface area contributed by atoms with Gasteiger partial charge in [-0.2, -0.15) is 0 Å². The van der Waals surface area contributed by atoms with Crippen molar-refractivity contribution in [2.75, 3.05) is 30.3 Å². The van der Waals surface area contributed by atoms with Crippen molar-refractivity contribution in [2.45, 2.75) is 65.1 Å². The molecule has 0 fully saturated rings. The van der Waals surface area contributed by atoms with E-state index >= 15 is 0 Å². The normalized spacial score (nSPS) is 13.6. The minimum absolute atomic E-state index is 0.0521. The molecular formula is C34H43N3O6S. The minimum atomic E-state index is -3.66. The summed E-state index contributed by atoms with van der Waals surface area (Å²) in [7, 11) is -3.66. The Kier molecular flexibility index (Phi) is 10.6. The fourth-order valence-corrected chi connectivity index (χ4v) is 6.05. The third-order valence-electron chi connectivity index (χ3n) is 7.21. The molecule has 0 saturated carbocycles. The van der Waals surface area contributed by atoms with Crippen LogP contribution in [0, 0.1) is 6.92 Å². The van der Waals surface area contributed by atoms with Crippen molar-refractivity contribution in [3.63, 3.8) is 0 Å². The zero-order valence-corrected chi connectivity index (χ0v) is 27.0. The van der Waals surface area contributed by atoms with Crippen molar-refractivity contribution in [1.82, 2.24) is 10.2 Å². The van der Waals surface area contributed by atoms with Gasteiger partial charge in [0.05, 0.1) is 11.9 Å². The molecule has 0 aromatic heterocycles. The largest absolute Gasteiger partial charge is 0.486 e. The highest BCUT2D eigenvalue weighted by atomic mass is 32.2. The van der Waals surface area contributed by atoms with Gasteiger partial charge in [-0.1, -0.05) is 60.2 Å². The van der Waals surface area contributed by atoms with Crippen molar-refractivity contribution in [3.8, 4) is 11.5 Å². The Morgan fingerprint density at radius 3 is 2.20 bits per heavy atom. The van der Waals surface area contributed by atoms with Gasteiger partial charge in [0.1, 0.15) is 19.3 Å². The van der Waals surface area contributed by atoms with Gasteiger partial charge in [0.15, 0.2) is 11.5 Å². The number of benzene rings is 3. The lowest BCUT2D eigenvalue weighted by Gasteiger charge is -2.34. The van der Waals surface area contributed by atoms with E-state index in [9.17, 15) is 18.0 Å². The molecule has 3 aromatic rings. The second-order valence-electron chi connectivity index (χ2n) is 12.2. The van der Waals surface area contributed by atoms with Gasteiger partial charge in [0, 0.05) is 37.5 Å². The highest BCUT2D eigenvalue weighted by Crippen LogP contribution is 2.35. The Morgan fingerprint density at radius 2 is 1.57 bits per heavy atom. The predicted molar refractivity (Wildman–Crippen MR) is 172 cm³/mol. The average Bonchev–Trinajstić information content (AvgIpc) is 2.96.